The van der Waals surface area contributed by atoms with Crippen LogP contribution in [-0.2, 0) is 0 Å². The largest absolute Gasteiger partial charge is 0.493 e. The Kier molecular flexibility index (Phi) is 5.85. The first-order valence-corrected chi connectivity index (χ1v) is 10.4. The molecule has 6 nitrogen and oxygen atoms in total. The van der Waals surface area contributed by atoms with Gasteiger partial charge in [-0.1, -0.05) is 0 Å². The molecule has 2 heterocycles. The molecule has 31 heavy (non-hydrogen) atoms. The molecule has 1 aromatic heterocycles. The summed E-state index contributed by atoms with van der Waals surface area (Å²) >= 11 is 0. The van der Waals surface area contributed by atoms with Crippen LogP contribution in [-0.4, -0.2) is 46.7 Å². The van der Waals surface area contributed by atoms with E-state index < -0.39 is 23.8 Å². The second-order valence-corrected chi connectivity index (χ2v) is 8.34. The van der Waals surface area contributed by atoms with Crippen molar-refractivity contribution in [2.75, 3.05) is 20.7 Å². The van der Waals surface area contributed by atoms with Gasteiger partial charge in [0, 0.05) is 24.6 Å². The van der Waals surface area contributed by atoms with Gasteiger partial charge in [-0.05, 0) is 52.1 Å². The van der Waals surface area contributed by atoms with Crippen molar-refractivity contribution in [2.24, 2.45) is 0 Å². The van der Waals surface area contributed by atoms with E-state index in [2.05, 4.69) is 9.97 Å². The summed E-state index contributed by atoms with van der Waals surface area (Å²) in [6.07, 6.45) is -0.414. The van der Waals surface area contributed by atoms with Crippen LogP contribution in [0, 0.1) is 18.6 Å². The first kappa shape index (κ1) is 21.5. The molecule has 3 aromatic rings. The molecule has 0 bridgehead atoms. The van der Waals surface area contributed by atoms with Gasteiger partial charge in [0.05, 0.1) is 23.8 Å². The molecule has 4 rings (SSSR count). The van der Waals surface area contributed by atoms with Crippen LogP contribution in [0.3, 0.4) is 0 Å². The molecule has 2 N–H and O–H groups in total. The van der Waals surface area contributed by atoms with E-state index in [1.54, 1.807) is 6.07 Å². The summed E-state index contributed by atoms with van der Waals surface area (Å²) in [6.45, 7) is 4.16. The Balaban J connectivity index is 1.71. The lowest BCUT2D eigenvalue weighted by Crippen LogP contribution is -2.26. The number of aliphatic hydroxyl groups excluding tert-OH is 1. The number of rotatable bonds is 6. The molecule has 0 spiro atoms. The Labute approximate surface area is 179 Å². The number of aliphatic hydroxyl groups is 1. The Hall–Kier alpha value is -2.71. The number of aromatic nitrogens is 2. The van der Waals surface area contributed by atoms with Crippen LogP contribution in [0.15, 0.2) is 24.3 Å². The number of hydrogen-bond acceptors (Lipinski definition) is 5. The molecule has 0 fully saturated rings. The molecule has 0 amide bonds. The van der Waals surface area contributed by atoms with E-state index in [1.807, 2.05) is 38.9 Å². The lowest BCUT2D eigenvalue weighted by atomic mass is 10.0. The molecule has 1 aliphatic heterocycles. The van der Waals surface area contributed by atoms with Crippen molar-refractivity contribution in [2.45, 2.75) is 44.9 Å². The van der Waals surface area contributed by atoms with Gasteiger partial charge in [0.15, 0.2) is 0 Å². The van der Waals surface area contributed by atoms with Crippen molar-refractivity contribution >= 4 is 11.0 Å². The van der Waals surface area contributed by atoms with Gasteiger partial charge in [0.2, 0.25) is 0 Å². The zero-order valence-electron chi connectivity index (χ0n) is 18.1. The molecule has 2 unspecified atom stereocenters. The normalized spacial score (nSPS) is 18.0. The van der Waals surface area contributed by atoms with Gasteiger partial charge in [-0.2, -0.15) is 0 Å². The molecule has 0 radical (unpaired) electrons. The molecule has 1 aliphatic rings. The quantitative estimate of drug-likeness (QED) is 0.604. The van der Waals surface area contributed by atoms with Crippen LogP contribution in [0.5, 0.6) is 11.5 Å². The second-order valence-electron chi connectivity index (χ2n) is 8.34. The van der Waals surface area contributed by atoms with Gasteiger partial charge in [-0.3, -0.25) is 0 Å². The Morgan fingerprint density at radius 1 is 1.29 bits per heavy atom. The summed E-state index contributed by atoms with van der Waals surface area (Å²) in [4.78, 5) is 9.73. The summed E-state index contributed by atoms with van der Waals surface area (Å²) in [7, 11) is 3.93. The van der Waals surface area contributed by atoms with Gasteiger partial charge >= 0.3 is 0 Å². The Morgan fingerprint density at radius 3 is 2.81 bits per heavy atom. The number of benzene rings is 2. The highest BCUT2D eigenvalue weighted by Gasteiger charge is 2.29. The predicted octanol–water partition coefficient (Wildman–Crippen LogP) is 4.43. The van der Waals surface area contributed by atoms with Crippen molar-refractivity contribution in [1.82, 2.24) is 14.9 Å². The first-order valence-electron chi connectivity index (χ1n) is 10.4. The third kappa shape index (κ3) is 4.36. The lowest BCUT2D eigenvalue weighted by Gasteiger charge is -2.27. The van der Waals surface area contributed by atoms with Gasteiger partial charge in [-0.25, -0.2) is 13.8 Å². The number of halogens is 2. The van der Waals surface area contributed by atoms with Gasteiger partial charge in [0.1, 0.15) is 40.6 Å². The molecular formula is C23H27F2N3O3. The smallest absolute Gasteiger partial charge is 0.148 e. The maximum absolute atomic E-state index is 14.6. The average molecular weight is 431 g/mol. The number of imidazole rings is 1. The maximum atomic E-state index is 14.6. The molecule has 0 saturated heterocycles. The van der Waals surface area contributed by atoms with E-state index in [0.29, 0.717) is 35.5 Å². The van der Waals surface area contributed by atoms with E-state index in [9.17, 15) is 13.9 Å². The van der Waals surface area contributed by atoms with Crippen LogP contribution in [0.25, 0.3) is 11.0 Å². The lowest BCUT2D eigenvalue weighted by molar-refractivity contribution is 0.125. The summed E-state index contributed by atoms with van der Waals surface area (Å²) in [6, 6.07) is 5.80. The number of fused-ring (bicyclic) bond motifs is 2. The summed E-state index contributed by atoms with van der Waals surface area (Å²) < 4.78 is 39.9. The van der Waals surface area contributed by atoms with E-state index in [-0.39, 0.29) is 24.0 Å². The fraction of sp³-hybridized carbons (Fsp3) is 0.435. The van der Waals surface area contributed by atoms with Crippen LogP contribution in [0.2, 0.25) is 0 Å². The summed E-state index contributed by atoms with van der Waals surface area (Å²) in [5, 5.41) is 10.8. The fourth-order valence-corrected chi connectivity index (χ4v) is 3.87. The highest BCUT2D eigenvalue weighted by atomic mass is 19.1. The van der Waals surface area contributed by atoms with Crippen molar-refractivity contribution in [1.29, 1.82) is 0 Å². The third-order valence-electron chi connectivity index (χ3n) is 5.81. The number of aryl methyl sites for hydroxylation is 1. The zero-order chi connectivity index (χ0) is 22.3. The first-order chi connectivity index (χ1) is 14.7. The highest BCUT2D eigenvalue weighted by molar-refractivity contribution is 5.83. The van der Waals surface area contributed by atoms with Gasteiger partial charge in [-0.15, -0.1) is 0 Å². The third-order valence-corrected chi connectivity index (χ3v) is 5.81. The number of ether oxygens (including phenoxy) is 2. The Morgan fingerprint density at radius 2 is 2.06 bits per heavy atom. The van der Waals surface area contributed by atoms with E-state index in [4.69, 9.17) is 9.47 Å². The Bertz CT molecular complexity index is 1100. The zero-order valence-corrected chi connectivity index (χ0v) is 18.1. The van der Waals surface area contributed by atoms with Crippen LogP contribution in [0.4, 0.5) is 8.78 Å². The van der Waals surface area contributed by atoms with Crippen molar-refractivity contribution in [3.8, 4) is 11.5 Å². The van der Waals surface area contributed by atoms with Crippen molar-refractivity contribution < 1.29 is 23.4 Å². The van der Waals surface area contributed by atoms with Crippen molar-refractivity contribution in [3.05, 3.63) is 52.9 Å². The molecule has 3 atom stereocenters. The second kappa shape index (κ2) is 8.43. The summed E-state index contributed by atoms with van der Waals surface area (Å²) in [5.74, 6) is -0.101. The SMILES string of the molecule is Cc1nc2c(O[C@H]3CCOc4cc(F)cc(F)c43)cc(C(O)CC(C)N(C)C)cc2[nH]1. The molecular weight excluding hydrogens is 404 g/mol. The minimum atomic E-state index is -0.708. The number of nitrogens with zero attached hydrogens (tertiary/aromatic N) is 2. The number of hydrogen-bond donors (Lipinski definition) is 2. The van der Waals surface area contributed by atoms with Crippen LogP contribution in [0.1, 0.15) is 48.9 Å². The highest BCUT2D eigenvalue weighted by Crippen LogP contribution is 2.40. The number of aromatic amines is 1. The number of nitrogens with one attached hydrogen (secondary N) is 1. The minimum absolute atomic E-state index is 0.152. The van der Waals surface area contributed by atoms with E-state index in [1.165, 1.54) is 6.07 Å². The van der Waals surface area contributed by atoms with Gasteiger partial charge in [0.25, 0.3) is 0 Å². The average Bonchev–Trinajstić information content (AvgIpc) is 3.07. The molecule has 166 valence electrons. The van der Waals surface area contributed by atoms with Crippen molar-refractivity contribution in [3.63, 3.8) is 0 Å². The monoisotopic (exact) mass is 431 g/mol. The molecule has 8 heteroatoms. The minimum Gasteiger partial charge on any atom is -0.493 e. The topological polar surface area (TPSA) is 70.6 Å². The molecule has 2 aromatic carbocycles. The van der Waals surface area contributed by atoms with Gasteiger partial charge < -0.3 is 24.5 Å². The van der Waals surface area contributed by atoms with Crippen LogP contribution < -0.4 is 9.47 Å². The standard InChI is InChI=1S/C23H27F2N3O3/c1-12(28(3)4)7-18(29)14-8-17-23(27-13(2)26-17)21(9-14)31-19-5-6-30-20-11-15(24)10-16(25)22(19)20/h8-12,18-19,29H,5-7H2,1-4H3,(H,26,27)/t12?,18?,19-/m0/s1. The molecule has 0 saturated carbocycles. The van der Waals surface area contributed by atoms with E-state index >= 15 is 0 Å². The predicted molar refractivity (Wildman–Crippen MR) is 113 cm³/mol. The maximum Gasteiger partial charge on any atom is 0.148 e. The summed E-state index contributed by atoms with van der Waals surface area (Å²) in [5.41, 5.74) is 2.21. The number of H-pyrrole nitrogens is 1. The fourth-order valence-electron chi connectivity index (χ4n) is 3.87. The van der Waals surface area contributed by atoms with E-state index in [0.717, 1.165) is 11.6 Å². The molecule has 0 aliphatic carbocycles. The van der Waals surface area contributed by atoms with Crippen LogP contribution >= 0.6 is 0 Å².